The van der Waals surface area contributed by atoms with Gasteiger partial charge in [0.2, 0.25) is 0 Å². The van der Waals surface area contributed by atoms with Crippen LogP contribution in [0.3, 0.4) is 0 Å². The number of aromatic nitrogens is 1. The molecule has 0 aliphatic carbocycles. The first-order valence-corrected chi connectivity index (χ1v) is 7.05. The number of hydrogen-bond donors (Lipinski definition) is 0. The van der Waals surface area contributed by atoms with Crippen molar-refractivity contribution in [2.45, 2.75) is 39.7 Å². The molecular formula is C15H20N2O4. The van der Waals surface area contributed by atoms with Gasteiger partial charge in [0.25, 0.3) is 0 Å². The molecule has 1 heterocycles. The van der Waals surface area contributed by atoms with Crippen LogP contribution in [0.4, 0.5) is 0 Å². The third kappa shape index (κ3) is 4.95. The van der Waals surface area contributed by atoms with Gasteiger partial charge in [-0.1, -0.05) is 0 Å². The molecule has 0 saturated heterocycles. The van der Waals surface area contributed by atoms with Crippen molar-refractivity contribution in [3.63, 3.8) is 0 Å². The molecule has 0 aromatic carbocycles. The molecule has 0 unspecified atom stereocenters. The van der Waals surface area contributed by atoms with Gasteiger partial charge in [0, 0.05) is 19.2 Å². The molecule has 114 valence electrons. The van der Waals surface area contributed by atoms with Crippen molar-refractivity contribution in [3.8, 4) is 6.07 Å². The van der Waals surface area contributed by atoms with E-state index in [0.29, 0.717) is 24.2 Å². The highest BCUT2D eigenvalue weighted by Gasteiger charge is 2.18. The molecule has 0 aliphatic heterocycles. The highest BCUT2D eigenvalue weighted by Crippen LogP contribution is 2.13. The van der Waals surface area contributed by atoms with Gasteiger partial charge in [-0.15, -0.1) is 0 Å². The van der Waals surface area contributed by atoms with E-state index >= 15 is 0 Å². The van der Waals surface area contributed by atoms with Gasteiger partial charge in [-0.2, -0.15) is 5.26 Å². The summed E-state index contributed by atoms with van der Waals surface area (Å²) in [5, 5.41) is 8.52. The molecule has 0 amide bonds. The molecule has 0 fully saturated rings. The summed E-state index contributed by atoms with van der Waals surface area (Å²) in [6.07, 6.45) is 3.56. The lowest BCUT2D eigenvalue weighted by Crippen LogP contribution is -2.11. The Bertz CT molecular complexity index is 528. The van der Waals surface area contributed by atoms with Gasteiger partial charge in [0.05, 0.1) is 24.8 Å². The Labute approximate surface area is 124 Å². The first kappa shape index (κ1) is 16.8. The van der Waals surface area contributed by atoms with Crippen molar-refractivity contribution in [3.05, 3.63) is 23.5 Å². The number of rotatable bonds is 8. The summed E-state index contributed by atoms with van der Waals surface area (Å²) < 4.78 is 11.6. The minimum Gasteiger partial charge on any atom is -0.462 e. The average Bonchev–Trinajstić information content (AvgIpc) is 2.88. The molecule has 21 heavy (non-hydrogen) atoms. The number of esters is 2. The standard InChI is InChI=1S/C15H20N2O4/c1-3-20-14(18)12-10-13(15(19)21-4-2)17(11-12)9-7-5-6-8-16/h10-11H,3-7,9H2,1-2H3. The second-order valence-corrected chi connectivity index (χ2v) is 4.36. The number of hydrogen-bond acceptors (Lipinski definition) is 5. The fourth-order valence-corrected chi connectivity index (χ4v) is 1.88. The van der Waals surface area contributed by atoms with Gasteiger partial charge in [-0.3, -0.25) is 0 Å². The van der Waals surface area contributed by atoms with E-state index in [2.05, 4.69) is 6.07 Å². The Morgan fingerprint density at radius 2 is 1.86 bits per heavy atom. The lowest BCUT2D eigenvalue weighted by Gasteiger charge is -2.07. The zero-order valence-corrected chi connectivity index (χ0v) is 12.4. The zero-order chi connectivity index (χ0) is 15.7. The van der Waals surface area contributed by atoms with Crippen LogP contribution in [0.15, 0.2) is 12.3 Å². The predicted molar refractivity (Wildman–Crippen MR) is 75.8 cm³/mol. The Balaban J connectivity index is 2.88. The molecule has 0 aliphatic rings. The van der Waals surface area contributed by atoms with Crippen LogP contribution >= 0.6 is 0 Å². The average molecular weight is 292 g/mol. The summed E-state index contributed by atoms with van der Waals surface area (Å²) >= 11 is 0. The maximum absolute atomic E-state index is 11.9. The van der Waals surface area contributed by atoms with Crippen LogP contribution in [0.2, 0.25) is 0 Å². The summed E-state index contributed by atoms with van der Waals surface area (Å²) in [7, 11) is 0. The van der Waals surface area contributed by atoms with Crippen LogP contribution in [0.5, 0.6) is 0 Å². The largest absolute Gasteiger partial charge is 0.462 e. The summed E-state index contributed by atoms with van der Waals surface area (Å²) in [5.41, 5.74) is 0.664. The Kier molecular flexibility index (Phi) is 7.02. The van der Waals surface area contributed by atoms with E-state index in [9.17, 15) is 9.59 Å². The third-order valence-corrected chi connectivity index (χ3v) is 2.83. The van der Waals surface area contributed by atoms with Crippen molar-refractivity contribution in [1.82, 2.24) is 4.57 Å². The number of ether oxygens (including phenoxy) is 2. The van der Waals surface area contributed by atoms with Gasteiger partial charge >= 0.3 is 11.9 Å². The maximum atomic E-state index is 11.9. The van der Waals surface area contributed by atoms with E-state index in [1.54, 1.807) is 24.6 Å². The van der Waals surface area contributed by atoms with E-state index < -0.39 is 11.9 Å². The lowest BCUT2D eigenvalue weighted by molar-refractivity contribution is 0.0512. The van der Waals surface area contributed by atoms with E-state index in [1.807, 2.05) is 0 Å². The van der Waals surface area contributed by atoms with Crippen LogP contribution in [-0.4, -0.2) is 29.7 Å². The molecule has 0 radical (unpaired) electrons. The molecule has 6 nitrogen and oxygen atoms in total. The minimum atomic E-state index is -0.465. The number of unbranched alkanes of at least 4 members (excludes halogenated alkanes) is 2. The lowest BCUT2D eigenvalue weighted by atomic mass is 10.2. The number of carbonyl (C=O) groups excluding carboxylic acids is 2. The van der Waals surface area contributed by atoms with E-state index in [-0.39, 0.29) is 13.2 Å². The molecular weight excluding hydrogens is 272 g/mol. The first-order valence-electron chi connectivity index (χ1n) is 7.05. The van der Waals surface area contributed by atoms with Crippen molar-refractivity contribution in [2.24, 2.45) is 0 Å². The van der Waals surface area contributed by atoms with Crippen molar-refractivity contribution in [1.29, 1.82) is 5.26 Å². The van der Waals surface area contributed by atoms with Gasteiger partial charge in [0.15, 0.2) is 0 Å². The number of nitriles is 1. The maximum Gasteiger partial charge on any atom is 0.354 e. The Morgan fingerprint density at radius 3 is 2.48 bits per heavy atom. The molecule has 0 saturated carbocycles. The predicted octanol–water partition coefficient (Wildman–Crippen LogP) is 2.54. The van der Waals surface area contributed by atoms with Gasteiger partial charge in [0.1, 0.15) is 5.69 Å². The quantitative estimate of drug-likeness (QED) is 0.543. The summed E-state index contributed by atoms with van der Waals surface area (Å²) in [6, 6.07) is 3.56. The van der Waals surface area contributed by atoms with Crippen molar-refractivity contribution in [2.75, 3.05) is 13.2 Å². The van der Waals surface area contributed by atoms with E-state index in [0.717, 1.165) is 12.8 Å². The topological polar surface area (TPSA) is 81.3 Å². The smallest absolute Gasteiger partial charge is 0.354 e. The van der Waals surface area contributed by atoms with Crippen molar-refractivity contribution >= 4 is 11.9 Å². The Hall–Kier alpha value is -2.29. The molecule has 1 rings (SSSR count). The summed E-state index contributed by atoms with van der Waals surface area (Å²) in [6.45, 7) is 4.55. The molecule has 0 N–H and O–H groups in total. The van der Waals surface area contributed by atoms with Gasteiger partial charge < -0.3 is 14.0 Å². The molecule has 1 aromatic heterocycles. The molecule has 0 bridgehead atoms. The van der Waals surface area contributed by atoms with Crippen LogP contribution in [0.1, 0.15) is 54.0 Å². The van der Waals surface area contributed by atoms with E-state index in [1.165, 1.54) is 6.07 Å². The summed E-state index contributed by atoms with van der Waals surface area (Å²) in [4.78, 5) is 23.6. The number of aryl methyl sites for hydroxylation is 1. The normalized spacial score (nSPS) is 9.95. The summed E-state index contributed by atoms with van der Waals surface area (Å²) in [5.74, 6) is -0.924. The second-order valence-electron chi connectivity index (χ2n) is 4.36. The number of carbonyl (C=O) groups is 2. The third-order valence-electron chi connectivity index (χ3n) is 2.83. The Morgan fingerprint density at radius 1 is 1.19 bits per heavy atom. The molecule has 0 spiro atoms. The van der Waals surface area contributed by atoms with Crippen LogP contribution in [0.25, 0.3) is 0 Å². The van der Waals surface area contributed by atoms with Crippen LogP contribution in [0, 0.1) is 11.3 Å². The van der Waals surface area contributed by atoms with Crippen LogP contribution < -0.4 is 0 Å². The number of nitrogens with zero attached hydrogens (tertiary/aromatic N) is 2. The first-order chi connectivity index (χ1) is 10.1. The zero-order valence-electron chi connectivity index (χ0n) is 12.4. The second kappa shape index (κ2) is 8.80. The highest BCUT2D eigenvalue weighted by atomic mass is 16.5. The van der Waals surface area contributed by atoms with Gasteiger partial charge in [-0.05, 0) is 32.8 Å². The molecule has 6 heteroatoms. The SMILES string of the molecule is CCOC(=O)c1cc(C(=O)OCC)n(CCCCC#N)c1. The highest BCUT2D eigenvalue weighted by molar-refractivity contribution is 5.95. The van der Waals surface area contributed by atoms with Crippen LogP contribution in [-0.2, 0) is 16.0 Å². The van der Waals surface area contributed by atoms with Crippen molar-refractivity contribution < 1.29 is 19.1 Å². The van der Waals surface area contributed by atoms with Gasteiger partial charge in [-0.25, -0.2) is 9.59 Å². The fraction of sp³-hybridized carbons (Fsp3) is 0.533. The minimum absolute atomic E-state index is 0.271. The molecule has 1 aromatic rings. The molecule has 0 atom stereocenters. The van der Waals surface area contributed by atoms with E-state index in [4.69, 9.17) is 14.7 Å². The fourth-order valence-electron chi connectivity index (χ4n) is 1.88. The monoisotopic (exact) mass is 292 g/mol.